The van der Waals surface area contributed by atoms with Crippen molar-refractivity contribution >= 4 is 180 Å². The molecule has 0 atom stereocenters. The van der Waals surface area contributed by atoms with Crippen LogP contribution in [0.4, 0.5) is 136 Å². The molecule has 684 valence electrons. The van der Waals surface area contributed by atoms with Gasteiger partial charge in [-0.3, -0.25) is 0 Å². The lowest BCUT2D eigenvalue weighted by Gasteiger charge is -2.31. The lowest BCUT2D eigenvalue weighted by atomic mass is 10.0. The Balaban J connectivity index is 0.000000159. The van der Waals surface area contributed by atoms with Crippen LogP contribution in [0.3, 0.4) is 0 Å². The fourth-order valence-electron chi connectivity index (χ4n) is 20.2. The number of nitrogens with zero attached hydrogens (tertiary/aromatic N) is 8. The Labute approximate surface area is 841 Å². The zero-order valence-electron chi connectivity index (χ0n) is 79.3. The topological polar surface area (TPSA) is 25.9 Å². The van der Waals surface area contributed by atoms with Crippen LogP contribution in [-0.2, 0) is 0 Å². The van der Waals surface area contributed by atoms with Gasteiger partial charge in [0.2, 0.25) is 0 Å². The molecular formula is C136H100N8. The second kappa shape index (κ2) is 41.2. The van der Waals surface area contributed by atoms with E-state index in [-0.39, 0.29) is 0 Å². The Morgan fingerprint density at radius 2 is 0.167 bits per heavy atom. The molecule has 24 aromatic rings. The van der Waals surface area contributed by atoms with Gasteiger partial charge in [0, 0.05) is 134 Å². The van der Waals surface area contributed by atoms with Crippen molar-refractivity contribution in [2.45, 2.75) is 0 Å². The summed E-state index contributed by atoms with van der Waals surface area (Å²) < 4.78 is 0. The molecule has 0 N–H and O–H groups in total. The number of anilines is 24. The third kappa shape index (κ3) is 18.1. The highest BCUT2D eigenvalue weighted by molar-refractivity contribution is 6.12. The van der Waals surface area contributed by atoms with Crippen molar-refractivity contribution in [1.82, 2.24) is 0 Å². The van der Waals surface area contributed by atoms with E-state index in [4.69, 9.17) is 0 Å². The molecule has 0 saturated heterocycles. The monoisotopic (exact) mass is 1840 g/mol. The van der Waals surface area contributed by atoms with Gasteiger partial charge in [-0.05, 0) is 265 Å². The third-order valence-electron chi connectivity index (χ3n) is 26.8. The first kappa shape index (κ1) is 88.7. The maximum atomic E-state index is 2.38. The molecule has 0 amide bonds. The van der Waals surface area contributed by atoms with Crippen LogP contribution in [0.15, 0.2) is 607 Å². The average Bonchev–Trinajstić information content (AvgIpc) is 0.759. The van der Waals surface area contributed by atoms with Gasteiger partial charge in [-0.15, -0.1) is 0 Å². The first-order valence-corrected chi connectivity index (χ1v) is 49.0. The van der Waals surface area contributed by atoms with E-state index in [9.17, 15) is 0 Å². The second-order valence-electron chi connectivity index (χ2n) is 35.5. The van der Waals surface area contributed by atoms with Crippen LogP contribution in [0.2, 0.25) is 0 Å². The van der Waals surface area contributed by atoms with E-state index in [0.717, 1.165) is 202 Å². The summed E-state index contributed by atoms with van der Waals surface area (Å²) >= 11 is 0. The maximum Gasteiger partial charge on any atom is 0.0541 e. The van der Waals surface area contributed by atoms with Crippen LogP contribution >= 0.6 is 0 Å². The Morgan fingerprint density at radius 1 is 0.0694 bits per heavy atom. The van der Waals surface area contributed by atoms with Crippen LogP contribution in [0.25, 0.3) is 65.3 Å². The Morgan fingerprint density at radius 3 is 0.292 bits per heavy atom. The summed E-state index contributed by atoms with van der Waals surface area (Å²) in [7, 11) is 0. The molecule has 0 aliphatic heterocycles. The summed E-state index contributed by atoms with van der Waals surface area (Å²) in [4.78, 5) is 18.9. The molecule has 0 spiro atoms. The number of hydrogen-bond donors (Lipinski definition) is 0. The van der Waals surface area contributed by atoms with E-state index in [1.165, 1.54) is 0 Å². The fraction of sp³-hybridized carbons (Fsp3) is 0. The zero-order chi connectivity index (χ0) is 96.1. The Hall–Kier alpha value is -19.3. The maximum absolute atomic E-state index is 2.38. The quantitative estimate of drug-likeness (QED) is 0.0529. The van der Waals surface area contributed by atoms with Crippen LogP contribution in [0.5, 0.6) is 0 Å². The van der Waals surface area contributed by atoms with E-state index in [1.54, 1.807) is 0 Å². The predicted molar refractivity (Wildman–Crippen MR) is 611 cm³/mol. The van der Waals surface area contributed by atoms with Gasteiger partial charge in [-0.2, -0.15) is 0 Å². The average molecular weight is 1850 g/mol. The largest absolute Gasteiger partial charge is 0.310 e. The predicted octanol–water partition coefficient (Wildman–Crippen LogP) is 39.1. The van der Waals surface area contributed by atoms with Crippen molar-refractivity contribution in [3.05, 3.63) is 607 Å². The van der Waals surface area contributed by atoms with E-state index in [2.05, 4.69) is 646 Å². The van der Waals surface area contributed by atoms with Crippen LogP contribution in [0.1, 0.15) is 0 Å². The summed E-state index contributed by atoms with van der Waals surface area (Å²) in [6.45, 7) is 0. The van der Waals surface area contributed by atoms with Gasteiger partial charge in [0.15, 0.2) is 0 Å². The summed E-state index contributed by atoms with van der Waals surface area (Å²) in [5.74, 6) is 0. The first-order chi connectivity index (χ1) is 71.5. The van der Waals surface area contributed by atoms with Crippen molar-refractivity contribution in [2.24, 2.45) is 0 Å². The minimum absolute atomic E-state index is 1.08. The highest BCUT2D eigenvalue weighted by Crippen LogP contribution is 2.52. The minimum atomic E-state index is 1.08. The van der Waals surface area contributed by atoms with Crippen LogP contribution in [-0.4, -0.2) is 0 Å². The van der Waals surface area contributed by atoms with Crippen molar-refractivity contribution < 1.29 is 0 Å². The highest BCUT2D eigenvalue weighted by atomic mass is 15.2. The number of hydrogen-bond acceptors (Lipinski definition) is 8. The van der Waals surface area contributed by atoms with Gasteiger partial charge < -0.3 is 39.2 Å². The Bertz CT molecular complexity index is 7380. The summed E-state index contributed by atoms with van der Waals surface area (Å²) in [6, 6.07) is 217. The summed E-state index contributed by atoms with van der Waals surface area (Å²) in [5.41, 5.74) is 31.0. The normalized spacial score (nSPS) is 11.1. The molecule has 0 heterocycles. The number of benzene rings is 24. The molecular weight excluding hydrogens is 1750 g/mol. The van der Waals surface area contributed by atoms with Crippen LogP contribution in [0, 0.1) is 0 Å². The molecule has 8 nitrogen and oxygen atoms in total. The molecule has 0 aromatic heterocycles. The van der Waals surface area contributed by atoms with Gasteiger partial charge in [-0.1, -0.05) is 364 Å². The molecule has 8 heteroatoms. The SMILES string of the molecule is c1ccc(N(c2ccccc2)c2ccc(N(c3ccccc3)c3ccc(-c4ccc(N(c5ccccc5)c5ccc(N(c6ccccc6)c6ccccc6)c6ccccc56)cc4)cc3)c3ccccc23)cc1.c1ccc(N(c2ccccc2)c2cccc3c(N(c4ccccc4)c4ccc(-c5ccc(N(c6ccccc6)c6cccc7c(N(c8ccccc8)c8ccccc8)cccc67)cc5)cc4)cccc23)cc1. The second-order valence-corrected chi connectivity index (χ2v) is 35.5. The molecule has 0 aliphatic rings. The zero-order valence-corrected chi connectivity index (χ0v) is 79.3. The molecule has 0 saturated carbocycles. The number of rotatable bonds is 26. The lowest BCUT2D eigenvalue weighted by Crippen LogP contribution is -2.13. The molecule has 24 rings (SSSR count). The lowest BCUT2D eigenvalue weighted by molar-refractivity contribution is 1.27. The molecule has 0 radical (unpaired) electrons. The molecule has 0 bridgehead atoms. The van der Waals surface area contributed by atoms with Gasteiger partial charge in [0.1, 0.15) is 0 Å². The van der Waals surface area contributed by atoms with Crippen molar-refractivity contribution in [2.75, 3.05) is 39.2 Å². The van der Waals surface area contributed by atoms with Gasteiger partial charge in [0.25, 0.3) is 0 Å². The molecule has 0 unspecified atom stereocenters. The molecule has 0 fully saturated rings. The van der Waals surface area contributed by atoms with Crippen molar-refractivity contribution in [3.63, 3.8) is 0 Å². The minimum Gasteiger partial charge on any atom is -0.310 e. The molecule has 24 aromatic carbocycles. The van der Waals surface area contributed by atoms with Crippen molar-refractivity contribution in [3.8, 4) is 22.3 Å². The smallest absolute Gasteiger partial charge is 0.0541 e. The van der Waals surface area contributed by atoms with E-state index >= 15 is 0 Å². The van der Waals surface area contributed by atoms with Crippen molar-refractivity contribution in [1.29, 1.82) is 0 Å². The molecule has 0 aliphatic carbocycles. The fourth-order valence-corrected chi connectivity index (χ4v) is 20.2. The number of fused-ring (bicyclic) bond motifs is 4. The van der Waals surface area contributed by atoms with Gasteiger partial charge in [0.05, 0.1) is 45.5 Å². The van der Waals surface area contributed by atoms with Gasteiger partial charge in [-0.25, -0.2) is 0 Å². The van der Waals surface area contributed by atoms with Gasteiger partial charge >= 0.3 is 0 Å². The third-order valence-corrected chi connectivity index (χ3v) is 26.8. The summed E-state index contributed by atoms with van der Waals surface area (Å²) in [5, 5.41) is 9.28. The van der Waals surface area contributed by atoms with E-state index < -0.39 is 0 Å². The van der Waals surface area contributed by atoms with E-state index in [1.807, 2.05) is 0 Å². The highest BCUT2D eigenvalue weighted by Gasteiger charge is 2.28. The molecule has 144 heavy (non-hydrogen) atoms. The summed E-state index contributed by atoms with van der Waals surface area (Å²) in [6.07, 6.45) is 0. The van der Waals surface area contributed by atoms with E-state index in [0.29, 0.717) is 0 Å². The standard InChI is InChI=1S/2C68H50N4/c1-7-23-53(24-8-1)69(54-25-9-2-10-26-54)65-39-19-37-63-61(65)35-21-41-67(63)71(57-31-15-5-16-32-57)59-47-43-51(44-48-59)52-45-49-60(50-46-52)72(58-33-17-6-18-34-58)68-42-22-36-62-64(68)38-20-40-66(62)70(55-27-11-3-12-28-55)56-29-13-4-14-30-56;1-7-23-53(24-8-1)69(54-25-9-2-10-26-54)65-47-49-67(63-37-21-19-35-61(63)65)71(57-31-15-5-16-32-57)59-43-39-51(40-44-59)52-41-45-60(46-42-52)72(58-33-17-6-18-34-58)68-50-48-66(62-36-20-22-38-64(62)68)70(55-27-11-3-12-28-55)56-29-13-4-14-30-56/h2*1-50H. The first-order valence-electron chi connectivity index (χ1n) is 49.0. The Kier molecular flexibility index (Phi) is 25.4. The van der Waals surface area contributed by atoms with Crippen LogP contribution < -0.4 is 39.2 Å². The number of para-hydroxylation sites is 12.